The predicted molar refractivity (Wildman–Crippen MR) is 62.7 cm³/mol. The Kier molecular flexibility index (Phi) is 2.86. The van der Waals surface area contributed by atoms with Crippen molar-refractivity contribution in [3.8, 4) is 28.6 Å². The number of hydrogen-bond donors (Lipinski definition) is 1. The van der Waals surface area contributed by atoms with Gasteiger partial charge >= 0.3 is 0 Å². The number of rotatable bonds is 3. The van der Waals surface area contributed by atoms with E-state index < -0.39 is 0 Å². The van der Waals surface area contributed by atoms with Crippen LogP contribution in [0, 0.1) is 0 Å². The van der Waals surface area contributed by atoms with Crippen LogP contribution >= 0.6 is 0 Å². The van der Waals surface area contributed by atoms with Crippen molar-refractivity contribution < 1.29 is 14.2 Å². The van der Waals surface area contributed by atoms with E-state index in [0.717, 1.165) is 0 Å². The molecule has 17 heavy (non-hydrogen) atoms. The smallest absolute Gasteiger partial charge is 0.221 e. The standard InChI is InChI=1S/C11H13N3O3/c1-15-6-4-7(16-2)9-10(8(5-6)17-3)14-11(12)13-9/h4-5H,1-3H3,(H2,12,13,14). The highest BCUT2D eigenvalue weighted by Gasteiger charge is 2.20. The highest BCUT2D eigenvalue weighted by molar-refractivity contribution is 5.73. The Morgan fingerprint density at radius 3 is 1.71 bits per heavy atom. The molecule has 2 aliphatic rings. The van der Waals surface area contributed by atoms with Crippen molar-refractivity contribution in [2.75, 3.05) is 27.1 Å². The molecule has 2 rings (SSSR count). The molecule has 1 aliphatic carbocycles. The summed E-state index contributed by atoms with van der Waals surface area (Å²) in [5, 5.41) is 0. The second kappa shape index (κ2) is 4.32. The van der Waals surface area contributed by atoms with E-state index in [1.54, 1.807) is 33.5 Å². The van der Waals surface area contributed by atoms with Crippen molar-refractivity contribution in [2.24, 2.45) is 0 Å². The molecule has 90 valence electrons. The Morgan fingerprint density at radius 2 is 1.35 bits per heavy atom. The molecule has 1 heterocycles. The van der Waals surface area contributed by atoms with Crippen LogP contribution < -0.4 is 19.9 Å². The third-order valence-corrected chi connectivity index (χ3v) is 2.37. The molecule has 0 fully saturated rings. The topological polar surface area (TPSA) is 79.5 Å². The molecule has 6 nitrogen and oxygen atoms in total. The number of nitrogens with two attached hydrogens (primary N) is 1. The van der Waals surface area contributed by atoms with Crippen molar-refractivity contribution >= 4 is 5.95 Å². The minimum atomic E-state index is 0.182. The minimum Gasteiger partial charge on any atom is -0.496 e. The summed E-state index contributed by atoms with van der Waals surface area (Å²) in [5.74, 6) is 1.84. The van der Waals surface area contributed by atoms with E-state index in [2.05, 4.69) is 9.97 Å². The third kappa shape index (κ3) is 1.89. The molecule has 2 N–H and O–H groups in total. The first-order valence-electron chi connectivity index (χ1n) is 4.92. The molecule has 0 spiro atoms. The molecule has 1 aliphatic heterocycles. The van der Waals surface area contributed by atoms with E-state index in [-0.39, 0.29) is 5.95 Å². The van der Waals surface area contributed by atoms with Crippen LogP contribution in [-0.2, 0) is 0 Å². The average molecular weight is 235 g/mol. The van der Waals surface area contributed by atoms with Crippen molar-refractivity contribution in [3.63, 3.8) is 0 Å². The van der Waals surface area contributed by atoms with Crippen molar-refractivity contribution in [1.82, 2.24) is 9.97 Å². The van der Waals surface area contributed by atoms with Gasteiger partial charge in [0.05, 0.1) is 21.3 Å². The first-order chi connectivity index (χ1) is 8.19. The van der Waals surface area contributed by atoms with Crippen LogP contribution in [0.2, 0.25) is 0 Å². The van der Waals surface area contributed by atoms with Gasteiger partial charge in [-0.05, 0) is 0 Å². The molecule has 0 bridgehead atoms. The van der Waals surface area contributed by atoms with E-state index in [9.17, 15) is 0 Å². The highest BCUT2D eigenvalue weighted by atomic mass is 16.5. The normalized spacial score (nSPS) is 10.3. The number of nitrogens with zero attached hydrogens (tertiary/aromatic N) is 2. The summed E-state index contributed by atoms with van der Waals surface area (Å²) in [6.07, 6.45) is 0. The lowest BCUT2D eigenvalue weighted by molar-refractivity contribution is 0.392. The number of imidazole rings is 1. The van der Waals surface area contributed by atoms with Crippen LogP contribution in [0.4, 0.5) is 5.95 Å². The van der Waals surface area contributed by atoms with Crippen molar-refractivity contribution in [3.05, 3.63) is 12.1 Å². The molecular formula is C11H13N3O3. The summed E-state index contributed by atoms with van der Waals surface area (Å²) in [7, 11) is 4.66. The van der Waals surface area contributed by atoms with Crippen LogP contribution in [0.1, 0.15) is 0 Å². The lowest BCUT2D eigenvalue weighted by Crippen LogP contribution is -1.88. The Hall–Kier alpha value is -2.24. The second-order valence-electron chi connectivity index (χ2n) is 3.31. The maximum atomic E-state index is 5.58. The quantitative estimate of drug-likeness (QED) is 0.860. The zero-order chi connectivity index (χ0) is 12.4. The Morgan fingerprint density at radius 1 is 0.882 bits per heavy atom. The van der Waals surface area contributed by atoms with Crippen LogP contribution in [0.25, 0.3) is 11.4 Å². The SMILES string of the molecule is COc1cc(OC)c2nc(N)nc-2c(OC)c1. The van der Waals surface area contributed by atoms with Gasteiger partial charge in [-0.3, -0.25) is 0 Å². The lowest BCUT2D eigenvalue weighted by atomic mass is 10.3. The Labute approximate surface area is 98.7 Å². The largest absolute Gasteiger partial charge is 0.496 e. The molecule has 0 saturated heterocycles. The molecule has 6 heteroatoms. The summed E-state index contributed by atoms with van der Waals surface area (Å²) in [5.41, 5.74) is 6.68. The molecule has 0 saturated carbocycles. The molecule has 0 aromatic carbocycles. The molecule has 0 atom stereocenters. The average Bonchev–Trinajstić information content (AvgIpc) is 2.65. The van der Waals surface area contributed by atoms with Crippen LogP contribution in [0.15, 0.2) is 12.1 Å². The fraction of sp³-hybridized carbons (Fsp3) is 0.273. The van der Waals surface area contributed by atoms with Gasteiger partial charge in [-0.25, -0.2) is 9.97 Å². The van der Waals surface area contributed by atoms with Crippen LogP contribution in [-0.4, -0.2) is 31.3 Å². The van der Waals surface area contributed by atoms with Gasteiger partial charge < -0.3 is 19.9 Å². The van der Waals surface area contributed by atoms with Crippen molar-refractivity contribution in [1.29, 1.82) is 0 Å². The molecule has 0 aromatic rings. The first-order valence-corrected chi connectivity index (χ1v) is 4.92. The monoisotopic (exact) mass is 235 g/mol. The zero-order valence-corrected chi connectivity index (χ0v) is 9.85. The summed E-state index contributed by atoms with van der Waals surface area (Å²) >= 11 is 0. The summed E-state index contributed by atoms with van der Waals surface area (Å²) in [6, 6.07) is 3.41. The number of nitrogen functional groups attached to an aromatic ring is 1. The fourth-order valence-electron chi connectivity index (χ4n) is 1.57. The van der Waals surface area contributed by atoms with Gasteiger partial charge in [-0.1, -0.05) is 0 Å². The maximum absolute atomic E-state index is 5.58. The van der Waals surface area contributed by atoms with Crippen molar-refractivity contribution in [2.45, 2.75) is 0 Å². The molecule has 0 radical (unpaired) electrons. The van der Waals surface area contributed by atoms with Gasteiger partial charge in [0, 0.05) is 12.1 Å². The first kappa shape index (κ1) is 11.3. The Balaban J connectivity index is 2.77. The predicted octanol–water partition coefficient (Wildman–Crippen LogP) is 1.19. The summed E-state index contributed by atoms with van der Waals surface area (Å²) in [4.78, 5) is 8.23. The number of anilines is 1. The lowest BCUT2D eigenvalue weighted by Gasteiger charge is -2.01. The molecule has 0 unspecified atom stereocenters. The number of ether oxygens (including phenoxy) is 3. The van der Waals surface area contributed by atoms with Gasteiger partial charge in [0.2, 0.25) is 5.95 Å². The van der Waals surface area contributed by atoms with E-state index in [1.165, 1.54) is 0 Å². The maximum Gasteiger partial charge on any atom is 0.221 e. The second-order valence-corrected chi connectivity index (χ2v) is 3.31. The number of aromatic nitrogens is 2. The van der Waals surface area contributed by atoms with E-state index in [0.29, 0.717) is 28.6 Å². The molecular weight excluding hydrogens is 222 g/mol. The molecule has 0 aromatic heterocycles. The number of methoxy groups -OCH3 is 3. The van der Waals surface area contributed by atoms with Gasteiger partial charge in [0.1, 0.15) is 17.1 Å². The van der Waals surface area contributed by atoms with E-state index >= 15 is 0 Å². The summed E-state index contributed by atoms with van der Waals surface area (Å²) in [6.45, 7) is 0. The molecule has 0 amide bonds. The van der Waals surface area contributed by atoms with Crippen LogP contribution in [0.3, 0.4) is 0 Å². The van der Waals surface area contributed by atoms with Gasteiger partial charge in [-0.15, -0.1) is 0 Å². The number of hydrogen-bond acceptors (Lipinski definition) is 6. The fourth-order valence-corrected chi connectivity index (χ4v) is 1.57. The van der Waals surface area contributed by atoms with Gasteiger partial charge in [0.25, 0.3) is 0 Å². The zero-order valence-electron chi connectivity index (χ0n) is 9.85. The number of fused-ring (bicyclic) bond motifs is 1. The highest BCUT2D eigenvalue weighted by Crippen LogP contribution is 2.38. The minimum absolute atomic E-state index is 0.182. The van der Waals surface area contributed by atoms with E-state index in [1.807, 2.05) is 0 Å². The van der Waals surface area contributed by atoms with Gasteiger partial charge in [-0.2, -0.15) is 0 Å². The summed E-state index contributed by atoms with van der Waals surface area (Å²) < 4.78 is 15.7. The third-order valence-electron chi connectivity index (χ3n) is 2.37. The van der Waals surface area contributed by atoms with Gasteiger partial charge in [0.15, 0.2) is 11.5 Å². The van der Waals surface area contributed by atoms with E-state index in [4.69, 9.17) is 19.9 Å². The van der Waals surface area contributed by atoms with Crippen LogP contribution in [0.5, 0.6) is 17.2 Å². The Bertz CT molecular complexity index is 474.